The largest absolute Gasteiger partial charge is 0.460 e. The minimum absolute atomic E-state index is 0.365. The minimum atomic E-state index is -1.14. The number of rotatable bonds is 7. The number of nitrogens with zero attached hydrogens (tertiary/aromatic N) is 2. The molecule has 0 aliphatic rings. The van der Waals surface area contributed by atoms with Crippen LogP contribution in [0.5, 0.6) is 0 Å². The normalized spacial score (nSPS) is 11.8. The van der Waals surface area contributed by atoms with Crippen LogP contribution in [0.2, 0.25) is 0 Å². The first-order chi connectivity index (χ1) is 15.4. The smallest absolute Gasteiger partial charge is 0.331 e. The number of aryl methyl sites for hydroxylation is 1. The second kappa shape index (κ2) is 10.3. The Kier molecular flexibility index (Phi) is 7.22. The quantitative estimate of drug-likeness (QED) is 0.434. The Morgan fingerprint density at radius 1 is 1.19 bits per heavy atom. The summed E-state index contributed by atoms with van der Waals surface area (Å²) in [5, 5.41) is 9.12. The average molecular weight is 436 g/mol. The summed E-state index contributed by atoms with van der Waals surface area (Å²) in [7, 11) is 0. The Morgan fingerprint density at radius 3 is 2.59 bits per heavy atom. The number of esters is 1. The molecule has 0 fully saturated rings. The second-order valence-corrected chi connectivity index (χ2v) is 6.88. The van der Waals surface area contributed by atoms with E-state index in [0.29, 0.717) is 23.6 Å². The van der Waals surface area contributed by atoms with Crippen molar-refractivity contribution < 1.29 is 23.5 Å². The average Bonchev–Trinajstić information content (AvgIpc) is 3.39. The zero-order valence-electron chi connectivity index (χ0n) is 18.0. The number of hydrogen-bond acceptors (Lipinski definition) is 6. The van der Waals surface area contributed by atoms with Crippen LogP contribution in [0.3, 0.4) is 0 Å². The molecular weight excluding hydrogens is 412 g/mol. The second-order valence-electron chi connectivity index (χ2n) is 6.88. The lowest BCUT2D eigenvalue weighted by Gasteiger charge is -2.11. The van der Waals surface area contributed by atoms with Gasteiger partial charge in [0, 0.05) is 24.4 Å². The van der Waals surface area contributed by atoms with E-state index in [2.05, 4.69) is 15.7 Å². The molecule has 9 heteroatoms. The predicted octanol–water partition coefficient (Wildman–Crippen LogP) is 3.23. The van der Waals surface area contributed by atoms with Crippen LogP contribution in [0.25, 0.3) is 23.2 Å². The van der Waals surface area contributed by atoms with Gasteiger partial charge in [-0.05, 0) is 51.1 Å². The summed E-state index contributed by atoms with van der Waals surface area (Å²) in [5.74, 6) is -0.172. The first-order valence-electron chi connectivity index (χ1n) is 10.1. The van der Waals surface area contributed by atoms with E-state index in [1.165, 1.54) is 19.1 Å². The number of furan rings is 1. The molecule has 2 aromatic heterocycles. The first kappa shape index (κ1) is 22.5. The van der Waals surface area contributed by atoms with Crippen molar-refractivity contribution in [3.8, 4) is 17.1 Å². The third-order valence-electron chi connectivity index (χ3n) is 4.37. The summed E-state index contributed by atoms with van der Waals surface area (Å²) in [4.78, 5) is 35.6. The summed E-state index contributed by atoms with van der Waals surface area (Å²) < 4.78 is 12.5. The number of imide groups is 1. The van der Waals surface area contributed by atoms with Crippen molar-refractivity contribution in [2.45, 2.75) is 26.9 Å². The Hall–Kier alpha value is -4.14. The summed E-state index contributed by atoms with van der Waals surface area (Å²) in [5.41, 5.74) is 2.02. The third-order valence-corrected chi connectivity index (χ3v) is 4.37. The van der Waals surface area contributed by atoms with Gasteiger partial charge in [-0.15, -0.1) is 0 Å². The zero-order valence-corrected chi connectivity index (χ0v) is 18.0. The number of nitrogens with one attached hydrogen (secondary N) is 2. The number of hydrogen-bond donors (Lipinski definition) is 2. The Bertz CT molecular complexity index is 1130. The van der Waals surface area contributed by atoms with E-state index in [1.54, 1.807) is 23.9 Å². The highest BCUT2D eigenvalue weighted by Crippen LogP contribution is 2.26. The van der Waals surface area contributed by atoms with Gasteiger partial charge in [0.1, 0.15) is 11.5 Å². The SMILES string of the molecule is CCNC(=O)NC(=O)C(C)OC(=O)/C=C/c1cn(-c2ccccc2)nc1-c1ccc(C)o1. The Balaban J connectivity index is 1.76. The lowest BCUT2D eigenvalue weighted by atomic mass is 10.2. The topological polar surface area (TPSA) is 115 Å². The van der Waals surface area contributed by atoms with Crippen molar-refractivity contribution in [1.82, 2.24) is 20.4 Å². The summed E-state index contributed by atoms with van der Waals surface area (Å²) >= 11 is 0. The van der Waals surface area contributed by atoms with Crippen LogP contribution < -0.4 is 10.6 Å². The predicted molar refractivity (Wildman–Crippen MR) is 118 cm³/mol. The van der Waals surface area contributed by atoms with Crippen LogP contribution in [-0.4, -0.2) is 40.3 Å². The molecule has 2 heterocycles. The van der Waals surface area contributed by atoms with Crippen molar-refractivity contribution in [3.63, 3.8) is 0 Å². The molecule has 0 bridgehead atoms. The molecule has 3 aromatic rings. The lowest BCUT2D eigenvalue weighted by molar-refractivity contribution is -0.149. The summed E-state index contributed by atoms with van der Waals surface area (Å²) in [6.07, 6.45) is 3.35. The molecule has 0 aliphatic carbocycles. The summed E-state index contributed by atoms with van der Waals surface area (Å²) in [6.45, 7) is 5.29. The van der Waals surface area contributed by atoms with Gasteiger partial charge in [-0.3, -0.25) is 10.1 Å². The van der Waals surface area contributed by atoms with E-state index in [1.807, 2.05) is 43.3 Å². The Labute approximate surface area is 185 Å². The number of ether oxygens (including phenoxy) is 1. The highest BCUT2D eigenvalue weighted by molar-refractivity contribution is 5.98. The van der Waals surface area contributed by atoms with Gasteiger partial charge in [0.25, 0.3) is 5.91 Å². The number of amides is 3. The molecule has 3 amide bonds. The Morgan fingerprint density at radius 2 is 1.94 bits per heavy atom. The number of benzene rings is 1. The van der Waals surface area contributed by atoms with Gasteiger partial charge in [-0.1, -0.05) is 18.2 Å². The van der Waals surface area contributed by atoms with Crippen LogP contribution >= 0.6 is 0 Å². The number of carbonyl (C=O) groups excluding carboxylic acids is 3. The van der Waals surface area contributed by atoms with Gasteiger partial charge in [0.15, 0.2) is 11.9 Å². The molecule has 0 radical (unpaired) electrons. The molecule has 0 saturated carbocycles. The lowest BCUT2D eigenvalue weighted by Crippen LogP contribution is -2.44. The molecule has 3 rings (SSSR count). The molecule has 9 nitrogen and oxygen atoms in total. The van der Waals surface area contributed by atoms with Crippen molar-refractivity contribution >= 4 is 24.0 Å². The van der Waals surface area contributed by atoms with Crippen molar-refractivity contribution in [1.29, 1.82) is 0 Å². The highest BCUT2D eigenvalue weighted by Gasteiger charge is 2.19. The van der Waals surface area contributed by atoms with Gasteiger partial charge in [-0.2, -0.15) is 5.10 Å². The van der Waals surface area contributed by atoms with E-state index < -0.39 is 24.0 Å². The fourth-order valence-electron chi connectivity index (χ4n) is 2.82. The van der Waals surface area contributed by atoms with E-state index in [0.717, 1.165) is 11.4 Å². The zero-order chi connectivity index (χ0) is 23.1. The summed E-state index contributed by atoms with van der Waals surface area (Å²) in [6, 6.07) is 12.5. The maximum absolute atomic E-state index is 12.2. The first-order valence-corrected chi connectivity index (χ1v) is 10.1. The number of para-hydroxylation sites is 1. The standard InChI is InChI=1S/C23H24N4O5/c1-4-24-23(30)25-22(29)16(3)32-20(28)13-11-17-14-27(18-8-6-5-7-9-18)26-21(17)19-12-10-15(2)31-19/h5-14,16H,4H2,1-3H3,(H2,24,25,29,30)/b13-11+. The van der Waals surface area contributed by atoms with Crippen molar-refractivity contribution in [2.24, 2.45) is 0 Å². The van der Waals surface area contributed by atoms with Crippen molar-refractivity contribution in [2.75, 3.05) is 6.54 Å². The number of aromatic nitrogens is 2. The van der Waals surface area contributed by atoms with Crippen LogP contribution in [-0.2, 0) is 14.3 Å². The highest BCUT2D eigenvalue weighted by atomic mass is 16.5. The van der Waals surface area contributed by atoms with Crippen LogP contribution in [0.4, 0.5) is 4.79 Å². The molecular formula is C23H24N4O5. The van der Waals surface area contributed by atoms with E-state index in [9.17, 15) is 14.4 Å². The molecule has 32 heavy (non-hydrogen) atoms. The molecule has 0 saturated heterocycles. The molecule has 0 spiro atoms. The van der Waals surface area contributed by atoms with E-state index >= 15 is 0 Å². The van der Waals surface area contributed by atoms with Gasteiger partial charge < -0.3 is 14.5 Å². The minimum Gasteiger partial charge on any atom is -0.460 e. The molecule has 1 unspecified atom stereocenters. The maximum Gasteiger partial charge on any atom is 0.331 e. The number of urea groups is 1. The van der Waals surface area contributed by atoms with E-state index in [4.69, 9.17) is 9.15 Å². The monoisotopic (exact) mass is 436 g/mol. The third kappa shape index (κ3) is 5.72. The fraction of sp³-hybridized carbons (Fsp3) is 0.217. The van der Waals surface area contributed by atoms with Gasteiger partial charge in [0.2, 0.25) is 0 Å². The maximum atomic E-state index is 12.2. The van der Waals surface area contributed by atoms with Gasteiger partial charge >= 0.3 is 12.0 Å². The van der Waals surface area contributed by atoms with Crippen LogP contribution in [0.1, 0.15) is 25.2 Å². The van der Waals surface area contributed by atoms with Gasteiger partial charge in [-0.25, -0.2) is 14.3 Å². The molecule has 2 N–H and O–H groups in total. The van der Waals surface area contributed by atoms with Gasteiger partial charge in [0.05, 0.1) is 5.69 Å². The van der Waals surface area contributed by atoms with E-state index in [-0.39, 0.29) is 0 Å². The van der Waals surface area contributed by atoms with Crippen LogP contribution in [0, 0.1) is 6.92 Å². The number of carbonyl (C=O) groups is 3. The molecule has 166 valence electrons. The molecule has 1 atom stereocenters. The molecule has 1 aromatic carbocycles. The van der Waals surface area contributed by atoms with Crippen molar-refractivity contribution in [3.05, 3.63) is 66.1 Å². The fourth-order valence-corrected chi connectivity index (χ4v) is 2.82. The van der Waals surface area contributed by atoms with Crippen LogP contribution in [0.15, 0.2) is 59.2 Å². The molecule has 0 aliphatic heterocycles.